The molecule has 0 heterocycles. The highest BCUT2D eigenvalue weighted by Crippen LogP contribution is 2.31. The van der Waals surface area contributed by atoms with Crippen LogP contribution in [-0.2, 0) is 4.79 Å². The van der Waals surface area contributed by atoms with Gasteiger partial charge in [0.2, 0.25) is 5.91 Å². The highest BCUT2D eigenvalue weighted by atomic mass is 35.5. The first-order valence-electron chi connectivity index (χ1n) is 6.25. The fraction of sp³-hybridized carbons (Fsp3) is 0.429. The quantitative estimate of drug-likeness (QED) is 0.815. The molecule has 0 saturated heterocycles. The topological polar surface area (TPSA) is 55.1 Å². The Kier molecular flexibility index (Phi) is 5.32. The van der Waals surface area contributed by atoms with Gasteiger partial charge in [-0.05, 0) is 37.5 Å². The number of hydrogen-bond donors (Lipinski definition) is 2. The van der Waals surface area contributed by atoms with Crippen LogP contribution in [0, 0.1) is 12.3 Å². The molecule has 1 amide bonds. The second kappa shape index (κ2) is 6.35. The van der Waals surface area contributed by atoms with Crippen LogP contribution in [0.25, 0.3) is 0 Å². The molecule has 0 aliphatic carbocycles. The molecule has 1 aromatic rings. The summed E-state index contributed by atoms with van der Waals surface area (Å²) in [5, 5.41) is 3.34. The lowest BCUT2D eigenvalue weighted by atomic mass is 9.81. The first-order chi connectivity index (χ1) is 8.87. The zero-order valence-corrected chi connectivity index (χ0v) is 13.0. The summed E-state index contributed by atoms with van der Waals surface area (Å²) in [4.78, 5) is 12.7. The van der Waals surface area contributed by atoms with Crippen molar-refractivity contribution in [3.05, 3.63) is 28.8 Å². The number of nitrogens with one attached hydrogen (secondary N) is 1. The molecule has 0 aliphatic heterocycles. The van der Waals surface area contributed by atoms with Crippen molar-refractivity contribution in [1.29, 1.82) is 0 Å². The number of hydrogen-bond acceptors (Lipinski definition) is 2. The Morgan fingerprint density at radius 2 is 2.00 bits per heavy atom. The fourth-order valence-electron chi connectivity index (χ4n) is 2.01. The van der Waals surface area contributed by atoms with Crippen molar-refractivity contribution < 1.29 is 4.79 Å². The number of carbonyl (C=O) groups is 1. The van der Waals surface area contributed by atoms with E-state index in [4.69, 9.17) is 29.6 Å². The summed E-state index contributed by atoms with van der Waals surface area (Å²) in [5.41, 5.74) is 6.55. The SMILES string of the molecule is CCC(CC)(C(=O)Nc1cc(C)ccc1Cl)C(N)=S. The molecule has 0 saturated carbocycles. The number of carbonyl (C=O) groups excluding carboxylic acids is 1. The Morgan fingerprint density at radius 3 is 2.47 bits per heavy atom. The number of aryl methyl sites for hydroxylation is 1. The Morgan fingerprint density at radius 1 is 1.42 bits per heavy atom. The normalized spacial score (nSPS) is 11.2. The molecule has 0 aliphatic rings. The molecule has 3 nitrogen and oxygen atoms in total. The summed E-state index contributed by atoms with van der Waals surface area (Å²) in [6.45, 7) is 5.74. The average molecular weight is 299 g/mol. The van der Waals surface area contributed by atoms with Gasteiger partial charge in [0, 0.05) is 0 Å². The molecule has 3 N–H and O–H groups in total. The maximum atomic E-state index is 12.5. The van der Waals surface area contributed by atoms with Crippen LogP contribution in [0.1, 0.15) is 32.3 Å². The molecule has 1 rings (SSSR count). The van der Waals surface area contributed by atoms with Gasteiger partial charge >= 0.3 is 0 Å². The van der Waals surface area contributed by atoms with E-state index in [0.29, 0.717) is 23.6 Å². The molecule has 0 aromatic heterocycles. The van der Waals surface area contributed by atoms with Crippen LogP contribution in [0.3, 0.4) is 0 Å². The van der Waals surface area contributed by atoms with Crippen molar-refractivity contribution in [1.82, 2.24) is 0 Å². The van der Waals surface area contributed by atoms with E-state index in [1.54, 1.807) is 6.07 Å². The van der Waals surface area contributed by atoms with Gasteiger partial charge in [-0.2, -0.15) is 0 Å². The van der Waals surface area contributed by atoms with Crippen molar-refractivity contribution in [2.45, 2.75) is 33.6 Å². The average Bonchev–Trinajstić information content (AvgIpc) is 2.35. The van der Waals surface area contributed by atoms with E-state index in [-0.39, 0.29) is 10.9 Å². The van der Waals surface area contributed by atoms with Gasteiger partial charge in [0.1, 0.15) is 0 Å². The van der Waals surface area contributed by atoms with Gasteiger partial charge in [0.05, 0.1) is 21.1 Å². The third-order valence-corrected chi connectivity index (χ3v) is 4.20. The van der Waals surface area contributed by atoms with Crippen LogP contribution in [0.5, 0.6) is 0 Å². The van der Waals surface area contributed by atoms with Gasteiger partial charge in [-0.15, -0.1) is 0 Å². The number of nitrogens with two attached hydrogens (primary N) is 1. The molecule has 104 valence electrons. The molecule has 19 heavy (non-hydrogen) atoms. The van der Waals surface area contributed by atoms with Crippen LogP contribution < -0.4 is 11.1 Å². The summed E-state index contributed by atoms with van der Waals surface area (Å²) in [6, 6.07) is 5.47. The minimum Gasteiger partial charge on any atom is -0.392 e. The van der Waals surface area contributed by atoms with Crippen LogP contribution >= 0.6 is 23.8 Å². The van der Waals surface area contributed by atoms with Gasteiger partial charge in [0.25, 0.3) is 0 Å². The maximum Gasteiger partial charge on any atom is 0.237 e. The maximum absolute atomic E-state index is 12.5. The lowest BCUT2D eigenvalue weighted by molar-refractivity contribution is -0.122. The van der Waals surface area contributed by atoms with Gasteiger partial charge < -0.3 is 11.1 Å². The van der Waals surface area contributed by atoms with Crippen molar-refractivity contribution in [2.24, 2.45) is 11.1 Å². The molecule has 0 atom stereocenters. The number of halogens is 1. The predicted octanol–water partition coefficient (Wildman–Crippen LogP) is 3.68. The third-order valence-electron chi connectivity index (χ3n) is 3.48. The molecule has 0 unspecified atom stereocenters. The number of thiocarbonyl (C=S) groups is 1. The second-order valence-electron chi connectivity index (χ2n) is 4.59. The van der Waals surface area contributed by atoms with E-state index in [1.165, 1.54) is 0 Å². The van der Waals surface area contributed by atoms with Crippen LogP contribution in [0.15, 0.2) is 18.2 Å². The lowest BCUT2D eigenvalue weighted by Crippen LogP contribution is -2.45. The fourth-order valence-corrected chi connectivity index (χ4v) is 2.55. The van der Waals surface area contributed by atoms with Gasteiger partial charge in [-0.1, -0.05) is 43.7 Å². The van der Waals surface area contributed by atoms with Crippen LogP contribution in [-0.4, -0.2) is 10.9 Å². The minimum atomic E-state index is -0.817. The lowest BCUT2D eigenvalue weighted by Gasteiger charge is -2.29. The van der Waals surface area contributed by atoms with E-state index in [0.717, 1.165) is 5.56 Å². The van der Waals surface area contributed by atoms with Crippen molar-refractivity contribution in [3.8, 4) is 0 Å². The van der Waals surface area contributed by atoms with Crippen molar-refractivity contribution in [3.63, 3.8) is 0 Å². The molecule has 0 spiro atoms. The number of benzene rings is 1. The first kappa shape index (κ1) is 15.9. The van der Waals surface area contributed by atoms with E-state index in [1.807, 2.05) is 32.9 Å². The van der Waals surface area contributed by atoms with Crippen molar-refractivity contribution >= 4 is 40.4 Å². The van der Waals surface area contributed by atoms with Crippen molar-refractivity contribution in [2.75, 3.05) is 5.32 Å². The zero-order valence-electron chi connectivity index (χ0n) is 11.4. The van der Waals surface area contributed by atoms with E-state index < -0.39 is 5.41 Å². The van der Waals surface area contributed by atoms with Gasteiger partial charge in [0.15, 0.2) is 0 Å². The minimum absolute atomic E-state index is 0.197. The van der Waals surface area contributed by atoms with Gasteiger partial charge in [-0.25, -0.2) is 0 Å². The third kappa shape index (κ3) is 3.25. The molecule has 0 radical (unpaired) electrons. The zero-order chi connectivity index (χ0) is 14.6. The molecule has 0 fully saturated rings. The number of anilines is 1. The highest BCUT2D eigenvalue weighted by Gasteiger charge is 2.38. The van der Waals surface area contributed by atoms with Crippen LogP contribution in [0.4, 0.5) is 5.69 Å². The molecular formula is C14H19ClN2OS. The Bertz CT molecular complexity index is 498. The molecule has 1 aromatic carbocycles. The smallest absolute Gasteiger partial charge is 0.237 e. The Balaban J connectivity index is 3.07. The van der Waals surface area contributed by atoms with E-state index >= 15 is 0 Å². The standard InChI is InChI=1S/C14H19ClN2OS/c1-4-14(5-2,12(16)19)13(18)17-11-8-9(3)6-7-10(11)15/h6-8H,4-5H2,1-3H3,(H2,16,19)(H,17,18). The highest BCUT2D eigenvalue weighted by molar-refractivity contribution is 7.80. The monoisotopic (exact) mass is 298 g/mol. The second-order valence-corrected chi connectivity index (χ2v) is 5.44. The number of amides is 1. The van der Waals surface area contributed by atoms with E-state index in [9.17, 15) is 4.79 Å². The largest absolute Gasteiger partial charge is 0.392 e. The summed E-state index contributed by atoms with van der Waals surface area (Å²) in [5.74, 6) is -0.197. The Labute approximate surface area is 124 Å². The van der Waals surface area contributed by atoms with E-state index in [2.05, 4.69) is 5.32 Å². The summed E-state index contributed by atoms with van der Waals surface area (Å²) in [7, 11) is 0. The summed E-state index contributed by atoms with van der Waals surface area (Å²) < 4.78 is 0. The molecular weight excluding hydrogens is 280 g/mol. The molecule has 0 bridgehead atoms. The van der Waals surface area contributed by atoms with Gasteiger partial charge in [-0.3, -0.25) is 4.79 Å². The first-order valence-corrected chi connectivity index (χ1v) is 7.03. The molecule has 5 heteroatoms. The van der Waals surface area contributed by atoms with Crippen LogP contribution in [0.2, 0.25) is 5.02 Å². The summed E-state index contributed by atoms with van der Waals surface area (Å²) in [6.07, 6.45) is 1.13. The number of rotatable bonds is 5. The predicted molar refractivity (Wildman–Crippen MR) is 84.6 cm³/mol. The summed E-state index contributed by atoms with van der Waals surface area (Å²) >= 11 is 11.1. The Hall–Kier alpha value is -1.13.